The Balaban J connectivity index is 3.04. The standard InChI is InChI=1S/C12H21N3O4S3/c1-15(2)7-8-20-12-9-10(13-21(3,16)17)5-6-11(12)14-22(4,18)19/h5-6,9,13-14H,7-8H2,1-4H3. The van der Waals surface area contributed by atoms with Gasteiger partial charge in [0.1, 0.15) is 0 Å². The number of hydrogen-bond donors (Lipinski definition) is 2. The second-order valence-electron chi connectivity index (χ2n) is 5.11. The molecule has 0 fully saturated rings. The van der Waals surface area contributed by atoms with Gasteiger partial charge in [-0.25, -0.2) is 16.8 Å². The number of rotatable bonds is 8. The molecule has 0 aliphatic carbocycles. The fourth-order valence-corrected chi connectivity index (χ4v) is 3.90. The van der Waals surface area contributed by atoms with E-state index in [1.165, 1.54) is 17.8 Å². The summed E-state index contributed by atoms with van der Waals surface area (Å²) in [6.45, 7) is 0.812. The molecule has 0 saturated heterocycles. The van der Waals surface area contributed by atoms with Crippen LogP contribution in [0, 0.1) is 0 Å². The second kappa shape index (κ2) is 7.53. The van der Waals surface area contributed by atoms with Gasteiger partial charge in [0.15, 0.2) is 0 Å². The van der Waals surface area contributed by atoms with Crippen LogP contribution in [0.1, 0.15) is 0 Å². The molecule has 0 unspecified atom stereocenters. The highest BCUT2D eigenvalue weighted by Crippen LogP contribution is 2.31. The molecule has 0 aromatic heterocycles. The zero-order chi connectivity index (χ0) is 17.0. The van der Waals surface area contributed by atoms with Crippen molar-refractivity contribution in [3.05, 3.63) is 18.2 Å². The van der Waals surface area contributed by atoms with Gasteiger partial charge in [-0.2, -0.15) is 0 Å². The monoisotopic (exact) mass is 367 g/mol. The summed E-state index contributed by atoms with van der Waals surface area (Å²) in [6.07, 6.45) is 2.14. The summed E-state index contributed by atoms with van der Waals surface area (Å²) >= 11 is 1.45. The van der Waals surface area contributed by atoms with Crippen molar-refractivity contribution < 1.29 is 16.8 Å². The van der Waals surface area contributed by atoms with Gasteiger partial charge >= 0.3 is 0 Å². The van der Waals surface area contributed by atoms with Crippen molar-refractivity contribution in [1.29, 1.82) is 0 Å². The zero-order valence-electron chi connectivity index (χ0n) is 13.0. The molecule has 0 aliphatic heterocycles. The molecule has 1 rings (SSSR count). The lowest BCUT2D eigenvalue weighted by molar-refractivity contribution is 0.437. The van der Waals surface area contributed by atoms with Gasteiger partial charge in [0.05, 0.1) is 18.2 Å². The summed E-state index contributed by atoms with van der Waals surface area (Å²) in [7, 11) is -2.90. The minimum absolute atomic E-state index is 0.397. The lowest BCUT2D eigenvalue weighted by Crippen LogP contribution is -2.15. The maximum absolute atomic E-state index is 11.4. The summed E-state index contributed by atoms with van der Waals surface area (Å²) in [6, 6.07) is 4.69. The van der Waals surface area contributed by atoms with Gasteiger partial charge in [-0.05, 0) is 32.3 Å². The largest absolute Gasteiger partial charge is 0.309 e. The van der Waals surface area contributed by atoms with E-state index in [1.54, 1.807) is 12.1 Å². The first kappa shape index (κ1) is 19.1. The number of anilines is 2. The van der Waals surface area contributed by atoms with E-state index in [1.807, 2.05) is 19.0 Å². The van der Waals surface area contributed by atoms with Crippen LogP contribution in [-0.4, -0.2) is 60.6 Å². The molecule has 0 atom stereocenters. The average molecular weight is 368 g/mol. The topological polar surface area (TPSA) is 95.6 Å². The van der Waals surface area contributed by atoms with E-state index in [2.05, 4.69) is 9.44 Å². The first-order chi connectivity index (χ1) is 9.96. The first-order valence-electron chi connectivity index (χ1n) is 6.33. The highest BCUT2D eigenvalue weighted by Gasteiger charge is 2.11. The third-order valence-corrected chi connectivity index (χ3v) is 4.61. The molecule has 0 heterocycles. The second-order valence-corrected chi connectivity index (χ2v) is 9.74. The minimum Gasteiger partial charge on any atom is -0.309 e. The SMILES string of the molecule is CN(C)CCSc1cc(NS(C)(=O)=O)ccc1NS(C)(=O)=O. The predicted octanol–water partition coefficient (Wildman–Crippen LogP) is 1.08. The number of sulfonamides is 2. The van der Waals surface area contributed by atoms with Gasteiger partial charge in [0.2, 0.25) is 20.0 Å². The number of thioether (sulfide) groups is 1. The van der Waals surface area contributed by atoms with E-state index in [0.717, 1.165) is 24.8 Å². The van der Waals surface area contributed by atoms with Gasteiger partial charge in [-0.1, -0.05) is 0 Å². The molecule has 1 aromatic rings. The fraction of sp³-hybridized carbons (Fsp3) is 0.500. The third-order valence-electron chi connectivity index (χ3n) is 2.38. The van der Waals surface area contributed by atoms with Gasteiger partial charge < -0.3 is 4.90 Å². The van der Waals surface area contributed by atoms with Crippen molar-refractivity contribution in [3.63, 3.8) is 0 Å². The molecule has 22 heavy (non-hydrogen) atoms. The van der Waals surface area contributed by atoms with Crippen LogP contribution < -0.4 is 9.44 Å². The summed E-state index contributed by atoms with van der Waals surface area (Å²) < 4.78 is 50.2. The van der Waals surface area contributed by atoms with Crippen LogP contribution in [0.2, 0.25) is 0 Å². The molecule has 2 N–H and O–H groups in total. The van der Waals surface area contributed by atoms with Crippen LogP contribution in [0.5, 0.6) is 0 Å². The average Bonchev–Trinajstić information content (AvgIpc) is 2.28. The molecule has 10 heteroatoms. The van der Waals surface area contributed by atoms with Crippen molar-refractivity contribution in [2.45, 2.75) is 4.90 Å². The summed E-state index contributed by atoms with van der Waals surface area (Å²) in [5, 5.41) is 0. The van der Waals surface area contributed by atoms with Crippen LogP contribution in [0.3, 0.4) is 0 Å². The van der Waals surface area contributed by atoms with Gasteiger partial charge in [-0.3, -0.25) is 9.44 Å². The van der Waals surface area contributed by atoms with Crippen LogP contribution in [0.15, 0.2) is 23.1 Å². The Bertz CT molecular complexity index is 715. The Labute approximate surface area is 136 Å². The van der Waals surface area contributed by atoms with E-state index in [-0.39, 0.29) is 0 Å². The number of hydrogen-bond acceptors (Lipinski definition) is 6. The van der Waals surface area contributed by atoms with Crippen LogP contribution >= 0.6 is 11.8 Å². The molecule has 0 amide bonds. The smallest absolute Gasteiger partial charge is 0.229 e. The van der Waals surface area contributed by atoms with Crippen molar-refractivity contribution in [2.75, 3.05) is 48.3 Å². The minimum atomic E-state index is -3.40. The van der Waals surface area contributed by atoms with E-state index in [0.29, 0.717) is 16.3 Å². The Kier molecular flexibility index (Phi) is 6.53. The van der Waals surface area contributed by atoms with Gasteiger partial charge in [0, 0.05) is 22.9 Å². The number of benzene rings is 1. The molecule has 126 valence electrons. The molecule has 0 saturated carbocycles. The molecule has 0 bridgehead atoms. The normalized spacial score (nSPS) is 12.4. The van der Waals surface area contributed by atoms with E-state index in [4.69, 9.17) is 0 Å². The Morgan fingerprint density at radius 1 is 1.05 bits per heavy atom. The summed E-state index contributed by atoms with van der Waals surface area (Å²) in [5.74, 6) is 0.744. The Morgan fingerprint density at radius 2 is 1.64 bits per heavy atom. The van der Waals surface area contributed by atoms with Crippen LogP contribution in [0.25, 0.3) is 0 Å². The maximum atomic E-state index is 11.4. The van der Waals surface area contributed by atoms with E-state index < -0.39 is 20.0 Å². The summed E-state index contributed by atoms with van der Waals surface area (Å²) in [5.41, 5.74) is 0.833. The molecular formula is C12H21N3O4S3. The highest BCUT2D eigenvalue weighted by atomic mass is 32.2. The van der Waals surface area contributed by atoms with Crippen molar-refractivity contribution >= 4 is 43.2 Å². The molecule has 0 radical (unpaired) electrons. The predicted molar refractivity (Wildman–Crippen MR) is 92.7 cm³/mol. The molecule has 0 spiro atoms. The first-order valence-corrected chi connectivity index (χ1v) is 11.1. The number of nitrogens with zero attached hydrogens (tertiary/aromatic N) is 1. The molecule has 7 nitrogen and oxygen atoms in total. The van der Waals surface area contributed by atoms with Crippen molar-refractivity contribution in [3.8, 4) is 0 Å². The van der Waals surface area contributed by atoms with Gasteiger partial charge in [0.25, 0.3) is 0 Å². The lowest BCUT2D eigenvalue weighted by atomic mass is 10.3. The number of nitrogens with one attached hydrogen (secondary N) is 2. The maximum Gasteiger partial charge on any atom is 0.229 e. The zero-order valence-corrected chi connectivity index (χ0v) is 15.4. The Morgan fingerprint density at radius 3 is 2.14 bits per heavy atom. The van der Waals surface area contributed by atoms with E-state index in [9.17, 15) is 16.8 Å². The van der Waals surface area contributed by atoms with Crippen molar-refractivity contribution in [1.82, 2.24) is 4.90 Å². The van der Waals surface area contributed by atoms with Gasteiger partial charge in [-0.15, -0.1) is 11.8 Å². The quantitative estimate of drug-likeness (QED) is 0.668. The molecule has 0 aliphatic rings. The fourth-order valence-electron chi connectivity index (χ4n) is 1.54. The third kappa shape index (κ3) is 7.87. The molecular weight excluding hydrogens is 346 g/mol. The highest BCUT2D eigenvalue weighted by molar-refractivity contribution is 7.99. The van der Waals surface area contributed by atoms with E-state index >= 15 is 0 Å². The Hall–Kier alpha value is -0.970. The lowest BCUT2D eigenvalue weighted by Gasteiger charge is -2.14. The van der Waals surface area contributed by atoms with Crippen LogP contribution in [-0.2, 0) is 20.0 Å². The molecule has 1 aromatic carbocycles. The van der Waals surface area contributed by atoms with Crippen molar-refractivity contribution in [2.24, 2.45) is 0 Å². The van der Waals surface area contributed by atoms with Crippen LogP contribution in [0.4, 0.5) is 11.4 Å². The summed E-state index contributed by atoms with van der Waals surface area (Å²) in [4.78, 5) is 2.68.